The molecule has 0 spiro atoms. The van der Waals surface area contributed by atoms with Gasteiger partial charge >= 0.3 is 6.03 Å². The minimum absolute atomic E-state index is 0.0806. The number of benzene rings is 2. The van der Waals surface area contributed by atoms with Gasteiger partial charge in [0, 0.05) is 13.1 Å². The van der Waals surface area contributed by atoms with Gasteiger partial charge in [0.1, 0.15) is 12.2 Å². The second kappa shape index (κ2) is 11.9. The maximum Gasteiger partial charge on any atom is 0.334 e. The van der Waals surface area contributed by atoms with Crippen molar-refractivity contribution >= 4 is 17.8 Å². The van der Waals surface area contributed by atoms with E-state index in [0.29, 0.717) is 31.0 Å². The molecule has 0 unspecified atom stereocenters. The van der Waals surface area contributed by atoms with Crippen LogP contribution in [-0.2, 0) is 22.6 Å². The third-order valence-corrected chi connectivity index (χ3v) is 6.87. The van der Waals surface area contributed by atoms with E-state index in [9.17, 15) is 14.4 Å². The van der Waals surface area contributed by atoms with E-state index >= 15 is 0 Å². The van der Waals surface area contributed by atoms with E-state index in [2.05, 4.69) is 11.2 Å². The molecule has 4 rings (SSSR count). The van der Waals surface area contributed by atoms with E-state index in [-0.39, 0.29) is 37.5 Å². The van der Waals surface area contributed by atoms with Crippen molar-refractivity contribution in [2.45, 2.75) is 32.1 Å². The van der Waals surface area contributed by atoms with Crippen molar-refractivity contribution < 1.29 is 23.9 Å². The summed E-state index contributed by atoms with van der Waals surface area (Å²) >= 11 is 0. The molecule has 10 nitrogen and oxygen atoms in total. The molecule has 200 valence electrons. The number of carbonyl (C=O) groups is 3. The summed E-state index contributed by atoms with van der Waals surface area (Å²) in [5, 5.41) is 6.00. The van der Waals surface area contributed by atoms with Gasteiger partial charge in [-0.05, 0) is 36.6 Å². The summed E-state index contributed by atoms with van der Waals surface area (Å²) in [4.78, 5) is 43.0. The third-order valence-electron chi connectivity index (χ3n) is 6.87. The van der Waals surface area contributed by atoms with Crippen molar-refractivity contribution in [2.24, 2.45) is 0 Å². The molecule has 2 aromatic rings. The first kappa shape index (κ1) is 26.8. The molecule has 1 N–H and O–H groups in total. The quantitative estimate of drug-likeness (QED) is 0.534. The van der Waals surface area contributed by atoms with Crippen LogP contribution in [0.25, 0.3) is 0 Å². The average molecular weight is 520 g/mol. The first-order valence-corrected chi connectivity index (χ1v) is 12.5. The standard InChI is InChI=1S/C28H33N5O5/c1-5-14-31-19-26(34)32-20(2)27(35)30(15-13-21-11-12-23(37-3)24(16-21)38-4)18-25(32)33(31)28(36)29-17-22-9-7-6-8-10-22/h1,6-12,16,20,25H,13-15,17-19H2,2-4H3,(H,29,36)/t20-,25-/m0/s1. The van der Waals surface area contributed by atoms with Gasteiger partial charge in [0.2, 0.25) is 11.8 Å². The molecular weight excluding hydrogens is 486 g/mol. The Morgan fingerprint density at radius 1 is 1.08 bits per heavy atom. The third kappa shape index (κ3) is 5.53. The molecule has 0 aliphatic carbocycles. The Morgan fingerprint density at radius 2 is 1.82 bits per heavy atom. The smallest absolute Gasteiger partial charge is 0.334 e. The lowest BCUT2D eigenvalue weighted by atomic mass is 10.1. The minimum Gasteiger partial charge on any atom is -0.493 e. The van der Waals surface area contributed by atoms with Crippen LogP contribution in [0.2, 0.25) is 0 Å². The molecule has 0 aromatic heterocycles. The number of piperazine rings is 1. The highest BCUT2D eigenvalue weighted by atomic mass is 16.5. The lowest BCUT2D eigenvalue weighted by Crippen LogP contribution is -2.76. The van der Waals surface area contributed by atoms with Gasteiger partial charge < -0.3 is 24.6 Å². The highest BCUT2D eigenvalue weighted by Gasteiger charge is 2.49. The highest BCUT2D eigenvalue weighted by molar-refractivity contribution is 5.91. The zero-order chi connectivity index (χ0) is 27.2. The Hall–Kier alpha value is -4.23. The number of carbonyl (C=O) groups excluding carboxylic acids is 3. The molecule has 0 radical (unpaired) electrons. The Morgan fingerprint density at radius 3 is 2.50 bits per heavy atom. The summed E-state index contributed by atoms with van der Waals surface area (Å²) in [5.41, 5.74) is 1.91. The molecule has 2 aliphatic heterocycles. The average Bonchev–Trinajstić information content (AvgIpc) is 2.93. The van der Waals surface area contributed by atoms with Crippen LogP contribution in [-0.4, -0.2) is 90.3 Å². The number of rotatable bonds is 8. The van der Waals surface area contributed by atoms with Gasteiger partial charge in [-0.1, -0.05) is 42.3 Å². The number of fused-ring (bicyclic) bond motifs is 1. The second-order valence-corrected chi connectivity index (χ2v) is 9.20. The molecule has 0 bridgehead atoms. The van der Waals surface area contributed by atoms with E-state index in [0.717, 1.165) is 11.1 Å². The van der Waals surface area contributed by atoms with Crippen molar-refractivity contribution in [3.8, 4) is 23.8 Å². The number of nitrogens with one attached hydrogen (secondary N) is 1. The van der Waals surface area contributed by atoms with Gasteiger partial charge in [-0.3, -0.25) is 9.59 Å². The van der Waals surface area contributed by atoms with E-state index < -0.39 is 12.2 Å². The summed E-state index contributed by atoms with van der Waals surface area (Å²) in [5.74, 6) is 3.38. The molecule has 2 aliphatic rings. The lowest BCUT2D eigenvalue weighted by Gasteiger charge is -2.54. The van der Waals surface area contributed by atoms with E-state index in [4.69, 9.17) is 15.9 Å². The molecule has 2 atom stereocenters. The number of urea groups is 1. The fourth-order valence-electron chi connectivity index (χ4n) is 4.95. The molecule has 2 aromatic carbocycles. The predicted molar refractivity (Wildman–Crippen MR) is 141 cm³/mol. The summed E-state index contributed by atoms with van der Waals surface area (Å²) < 4.78 is 10.7. The molecule has 10 heteroatoms. The monoisotopic (exact) mass is 519 g/mol. The van der Waals surface area contributed by atoms with Crippen molar-refractivity contribution in [3.05, 3.63) is 59.7 Å². The first-order chi connectivity index (χ1) is 18.4. The molecule has 2 fully saturated rings. The summed E-state index contributed by atoms with van der Waals surface area (Å²) in [6, 6.07) is 14.1. The van der Waals surface area contributed by atoms with Gasteiger partial charge in [-0.15, -0.1) is 6.42 Å². The van der Waals surface area contributed by atoms with Crippen molar-refractivity contribution in [3.63, 3.8) is 0 Å². The van der Waals surface area contributed by atoms with Crippen LogP contribution in [0.1, 0.15) is 18.1 Å². The number of methoxy groups -OCH3 is 2. The fraction of sp³-hybridized carbons (Fsp3) is 0.393. The normalized spacial score (nSPS) is 19.6. The van der Waals surface area contributed by atoms with E-state index in [1.165, 1.54) is 9.91 Å². The lowest BCUT2D eigenvalue weighted by molar-refractivity contribution is -0.187. The predicted octanol–water partition coefficient (Wildman–Crippen LogP) is 1.71. The Bertz CT molecular complexity index is 1210. The fourth-order valence-corrected chi connectivity index (χ4v) is 4.95. The Kier molecular flexibility index (Phi) is 8.38. The Balaban J connectivity index is 1.54. The second-order valence-electron chi connectivity index (χ2n) is 9.20. The van der Waals surface area contributed by atoms with Crippen LogP contribution in [0.4, 0.5) is 4.79 Å². The van der Waals surface area contributed by atoms with Crippen LogP contribution in [0.5, 0.6) is 11.5 Å². The zero-order valence-corrected chi connectivity index (χ0v) is 21.9. The molecule has 0 saturated carbocycles. The van der Waals surface area contributed by atoms with Gasteiger partial charge in [-0.2, -0.15) is 5.01 Å². The summed E-state index contributed by atoms with van der Waals surface area (Å²) in [6.45, 7) is 2.60. The molecular formula is C28H33N5O5. The maximum atomic E-state index is 13.5. The number of ether oxygens (including phenoxy) is 2. The van der Waals surface area contributed by atoms with Crippen molar-refractivity contribution in [1.29, 1.82) is 0 Å². The largest absolute Gasteiger partial charge is 0.493 e. The molecule has 4 amide bonds. The molecule has 38 heavy (non-hydrogen) atoms. The van der Waals surface area contributed by atoms with Crippen LogP contribution >= 0.6 is 0 Å². The topological polar surface area (TPSA) is 94.7 Å². The van der Waals surface area contributed by atoms with Gasteiger partial charge in [0.05, 0.1) is 33.9 Å². The SMILES string of the molecule is C#CCN1CC(=O)N2[C@@H](C)C(=O)N(CCc3ccc(OC)c(OC)c3)C[C@@H]2N1C(=O)NCc1ccccc1. The van der Waals surface area contributed by atoms with E-state index in [1.54, 1.807) is 31.1 Å². The number of hydrogen-bond acceptors (Lipinski definition) is 6. The highest BCUT2D eigenvalue weighted by Crippen LogP contribution is 2.29. The van der Waals surface area contributed by atoms with Crippen LogP contribution in [0, 0.1) is 12.3 Å². The van der Waals surface area contributed by atoms with Gasteiger partial charge in [-0.25, -0.2) is 9.80 Å². The molecule has 2 saturated heterocycles. The number of terminal acetylenes is 1. The van der Waals surface area contributed by atoms with Crippen molar-refractivity contribution in [2.75, 3.05) is 40.4 Å². The van der Waals surface area contributed by atoms with Crippen LogP contribution in [0.15, 0.2) is 48.5 Å². The zero-order valence-electron chi connectivity index (χ0n) is 21.9. The maximum absolute atomic E-state index is 13.5. The van der Waals surface area contributed by atoms with Crippen LogP contribution in [0.3, 0.4) is 0 Å². The van der Waals surface area contributed by atoms with Gasteiger partial charge in [0.15, 0.2) is 11.5 Å². The van der Waals surface area contributed by atoms with Crippen LogP contribution < -0.4 is 14.8 Å². The summed E-state index contributed by atoms with van der Waals surface area (Å²) in [7, 11) is 3.15. The van der Waals surface area contributed by atoms with Crippen molar-refractivity contribution in [1.82, 2.24) is 25.1 Å². The first-order valence-electron chi connectivity index (χ1n) is 12.5. The number of nitrogens with zero attached hydrogens (tertiary/aromatic N) is 4. The minimum atomic E-state index is -0.718. The Labute approximate surface area is 223 Å². The summed E-state index contributed by atoms with van der Waals surface area (Å²) in [6.07, 6.45) is 5.46. The number of hydrogen-bond donors (Lipinski definition) is 1. The van der Waals surface area contributed by atoms with E-state index in [1.807, 2.05) is 48.5 Å². The van der Waals surface area contributed by atoms with Gasteiger partial charge in [0.25, 0.3) is 0 Å². The number of hydrazine groups is 1. The molecule has 2 heterocycles. The number of amides is 4.